The molecular formula is C15H20N4O2. The van der Waals surface area contributed by atoms with Gasteiger partial charge in [-0.05, 0) is 18.1 Å². The van der Waals surface area contributed by atoms with E-state index in [9.17, 15) is 9.59 Å². The van der Waals surface area contributed by atoms with Crippen LogP contribution in [0.15, 0.2) is 29.1 Å². The number of rotatable bonds is 6. The smallest absolute Gasteiger partial charge is 0.258 e. The molecule has 0 fully saturated rings. The van der Waals surface area contributed by atoms with E-state index in [1.165, 1.54) is 0 Å². The SMILES string of the molecule is CC(C)CNC(=O)CNCc1nc2ccccc2c(=O)[nH]1. The number of carbonyl (C=O) groups excluding carboxylic acids is 1. The van der Waals surface area contributed by atoms with Gasteiger partial charge in [0.2, 0.25) is 5.91 Å². The van der Waals surface area contributed by atoms with Gasteiger partial charge in [0.05, 0.1) is 24.0 Å². The fourth-order valence-electron chi connectivity index (χ4n) is 1.89. The maximum atomic E-state index is 11.9. The molecule has 3 N–H and O–H groups in total. The van der Waals surface area contributed by atoms with E-state index >= 15 is 0 Å². The summed E-state index contributed by atoms with van der Waals surface area (Å²) in [6.07, 6.45) is 0. The van der Waals surface area contributed by atoms with Crippen LogP contribution >= 0.6 is 0 Å². The van der Waals surface area contributed by atoms with E-state index in [4.69, 9.17) is 0 Å². The molecule has 2 rings (SSSR count). The highest BCUT2D eigenvalue weighted by molar-refractivity contribution is 5.78. The average Bonchev–Trinajstić information content (AvgIpc) is 2.45. The van der Waals surface area contributed by atoms with Crippen molar-refractivity contribution in [2.75, 3.05) is 13.1 Å². The van der Waals surface area contributed by atoms with Crippen molar-refractivity contribution < 1.29 is 4.79 Å². The fraction of sp³-hybridized carbons (Fsp3) is 0.400. The molecular weight excluding hydrogens is 268 g/mol. The van der Waals surface area contributed by atoms with E-state index in [1.807, 2.05) is 19.9 Å². The Labute approximate surface area is 123 Å². The molecule has 0 aliphatic rings. The van der Waals surface area contributed by atoms with E-state index in [-0.39, 0.29) is 18.0 Å². The first kappa shape index (κ1) is 15.2. The van der Waals surface area contributed by atoms with Gasteiger partial charge in [0.1, 0.15) is 5.82 Å². The average molecular weight is 288 g/mol. The van der Waals surface area contributed by atoms with Gasteiger partial charge < -0.3 is 15.6 Å². The fourth-order valence-corrected chi connectivity index (χ4v) is 1.89. The number of para-hydroxylation sites is 1. The number of hydrogen-bond donors (Lipinski definition) is 3. The van der Waals surface area contributed by atoms with Crippen molar-refractivity contribution in [1.82, 2.24) is 20.6 Å². The molecule has 6 heteroatoms. The lowest BCUT2D eigenvalue weighted by Gasteiger charge is -2.08. The lowest BCUT2D eigenvalue weighted by Crippen LogP contribution is -2.36. The number of benzene rings is 1. The van der Waals surface area contributed by atoms with Crippen LogP contribution in [0.5, 0.6) is 0 Å². The van der Waals surface area contributed by atoms with E-state index in [2.05, 4.69) is 20.6 Å². The number of aromatic amines is 1. The van der Waals surface area contributed by atoms with E-state index in [1.54, 1.807) is 18.2 Å². The Kier molecular flexibility index (Phi) is 5.05. The Bertz CT molecular complexity index is 679. The van der Waals surface area contributed by atoms with Gasteiger partial charge >= 0.3 is 0 Å². The molecule has 21 heavy (non-hydrogen) atoms. The van der Waals surface area contributed by atoms with Crippen LogP contribution in [0.4, 0.5) is 0 Å². The Morgan fingerprint density at radius 2 is 2.10 bits per heavy atom. The van der Waals surface area contributed by atoms with Gasteiger partial charge in [-0.1, -0.05) is 26.0 Å². The van der Waals surface area contributed by atoms with Gasteiger partial charge in [-0.15, -0.1) is 0 Å². The zero-order chi connectivity index (χ0) is 15.2. The van der Waals surface area contributed by atoms with Gasteiger partial charge in [0.25, 0.3) is 5.56 Å². The van der Waals surface area contributed by atoms with E-state index in [0.717, 1.165) is 0 Å². The summed E-state index contributed by atoms with van der Waals surface area (Å²) in [7, 11) is 0. The predicted molar refractivity (Wildman–Crippen MR) is 81.9 cm³/mol. The van der Waals surface area contributed by atoms with E-state index < -0.39 is 0 Å². The van der Waals surface area contributed by atoms with Crippen LogP contribution in [-0.2, 0) is 11.3 Å². The molecule has 0 atom stereocenters. The topological polar surface area (TPSA) is 86.9 Å². The molecule has 0 saturated carbocycles. The highest BCUT2D eigenvalue weighted by Crippen LogP contribution is 2.05. The standard InChI is InChI=1S/C15H20N4O2/c1-10(2)7-17-14(20)9-16-8-13-18-12-6-4-3-5-11(12)15(21)19-13/h3-6,10,16H,7-9H2,1-2H3,(H,17,20)(H,18,19,21). The Hall–Kier alpha value is -2.21. The number of amides is 1. The zero-order valence-electron chi connectivity index (χ0n) is 12.3. The lowest BCUT2D eigenvalue weighted by molar-refractivity contribution is -0.120. The van der Waals surface area contributed by atoms with Gasteiger partial charge in [-0.2, -0.15) is 0 Å². The predicted octanol–water partition coefficient (Wildman–Crippen LogP) is 0.785. The zero-order valence-corrected chi connectivity index (χ0v) is 12.3. The summed E-state index contributed by atoms with van der Waals surface area (Å²) in [5, 5.41) is 6.35. The molecule has 1 aromatic heterocycles. The third kappa shape index (κ3) is 4.39. The second-order valence-electron chi connectivity index (χ2n) is 5.33. The van der Waals surface area contributed by atoms with E-state index in [0.29, 0.717) is 35.7 Å². The molecule has 6 nitrogen and oxygen atoms in total. The molecule has 0 aliphatic heterocycles. The number of nitrogens with one attached hydrogen (secondary N) is 3. The maximum Gasteiger partial charge on any atom is 0.258 e. The molecule has 2 aromatic rings. The highest BCUT2D eigenvalue weighted by atomic mass is 16.2. The van der Waals surface area contributed by atoms with Crippen LogP contribution in [0.25, 0.3) is 10.9 Å². The Morgan fingerprint density at radius 3 is 2.86 bits per heavy atom. The normalized spacial score (nSPS) is 11.0. The highest BCUT2D eigenvalue weighted by Gasteiger charge is 2.05. The number of fused-ring (bicyclic) bond motifs is 1. The molecule has 1 aromatic carbocycles. The van der Waals surface area contributed by atoms with Gasteiger partial charge in [-0.3, -0.25) is 9.59 Å². The summed E-state index contributed by atoms with van der Waals surface area (Å²) in [6, 6.07) is 7.17. The van der Waals surface area contributed by atoms with Crippen LogP contribution in [0.3, 0.4) is 0 Å². The second kappa shape index (κ2) is 6.99. The van der Waals surface area contributed by atoms with Gasteiger partial charge in [-0.25, -0.2) is 4.98 Å². The number of nitrogens with zero attached hydrogens (tertiary/aromatic N) is 1. The summed E-state index contributed by atoms with van der Waals surface area (Å²) in [5.74, 6) is 0.884. The van der Waals surface area contributed by atoms with Crippen molar-refractivity contribution in [3.63, 3.8) is 0 Å². The van der Waals surface area contributed by atoms with Crippen molar-refractivity contribution >= 4 is 16.8 Å². The molecule has 0 aliphatic carbocycles. The van der Waals surface area contributed by atoms with Crippen molar-refractivity contribution in [1.29, 1.82) is 0 Å². The summed E-state index contributed by atoms with van der Waals surface area (Å²) in [6.45, 7) is 5.28. The summed E-state index contributed by atoms with van der Waals surface area (Å²) in [5.41, 5.74) is 0.490. The van der Waals surface area contributed by atoms with Gasteiger partial charge in [0, 0.05) is 6.54 Å². The first-order valence-electron chi connectivity index (χ1n) is 7.01. The first-order chi connectivity index (χ1) is 10.1. The lowest BCUT2D eigenvalue weighted by atomic mass is 10.2. The first-order valence-corrected chi connectivity index (χ1v) is 7.01. The quantitative estimate of drug-likeness (QED) is 0.733. The summed E-state index contributed by atoms with van der Waals surface area (Å²) < 4.78 is 0. The van der Waals surface area contributed by atoms with Crippen LogP contribution in [0.1, 0.15) is 19.7 Å². The molecule has 1 amide bonds. The third-order valence-electron chi connectivity index (χ3n) is 2.95. The molecule has 112 valence electrons. The molecule has 0 spiro atoms. The molecule has 0 saturated heterocycles. The summed E-state index contributed by atoms with van der Waals surface area (Å²) >= 11 is 0. The minimum Gasteiger partial charge on any atom is -0.355 e. The molecule has 1 heterocycles. The Morgan fingerprint density at radius 1 is 1.33 bits per heavy atom. The van der Waals surface area contributed by atoms with Crippen molar-refractivity contribution in [2.24, 2.45) is 5.92 Å². The Balaban J connectivity index is 1.92. The van der Waals surface area contributed by atoms with Crippen molar-refractivity contribution in [3.05, 3.63) is 40.4 Å². The van der Waals surface area contributed by atoms with Crippen molar-refractivity contribution in [2.45, 2.75) is 20.4 Å². The van der Waals surface area contributed by atoms with Gasteiger partial charge in [0.15, 0.2) is 0 Å². The monoisotopic (exact) mass is 288 g/mol. The van der Waals surface area contributed by atoms with Crippen molar-refractivity contribution in [3.8, 4) is 0 Å². The van der Waals surface area contributed by atoms with Crippen LogP contribution in [0.2, 0.25) is 0 Å². The number of aromatic nitrogens is 2. The minimum absolute atomic E-state index is 0.0631. The molecule has 0 radical (unpaired) electrons. The van der Waals surface area contributed by atoms with Crippen LogP contribution in [-0.4, -0.2) is 29.0 Å². The third-order valence-corrected chi connectivity index (χ3v) is 2.95. The number of hydrogen-bond acceptors (Lipinski definition) is 4. The molecule has 0 unspecified atom stereocenters. The van der Waals surface area contributed by atoms with Crippen LogP contribution < -0.4 is 16.2 Å². The number of carbonyl (C=O) groups is 1. The largest absolute Gasteiger partial charge is 0.355 e. The maximum absolute atomic E-state index is 11.9. The number of H-pyrrole nitrogens is 1. The minimum atomic E-state index is -0.165. The second-order valence-corrected chi connectivity index (χ2v) is 5.33. The summed E-state index contributed by atoms with van der Waals surface area (Å²) in [4.78, 5) is 30.5. The molecule has 0 bridgehead atoms. The van der Waals surface area contributed by atoms with Crippen LogP contribution in [0, 0.1) is 5.92 Å².